The molecular formula is C28H26N2O5. The third kappa shape index (κ3) is 7.04. The highest BCUT2D eigenvalue weighted by atomic mass is 16.5. The Bertz CT molecular complexity index is 1240. The number of rotatable bonds is 11. The lowest BCUT2D eigenvalue weighted by Gasteiger charge is -2.15. The van der Waals surface area contributed by atoms with Crippen LogP contribution in [-0.4, -0.2) is 34.6 Å². The summed E-state index contributed by atoms with van der Waals surface area (Å²) >= 11 is 0. The first-order chi connectivity index (χ1) is 17.1. The average molecular weight is 471 g/mol. The van der Waals surface area contributed by atoms with Gasteiger partial charge in [0.15, 0.2) is 0 Å². The molecule has 4 aromatic rings. The van der Waals surface area contributed by atoms with Crippen LogP contribution in [0, 0.1) is 0 Å². The molecule has 0 aliphatic rings. The van der Waals surface area contributed by atoms with Gasteiger partial charge in [0.05, 0.1) is 18.7 Å². The summed E-state index contributed by atoms with van der Waals surface area (Å²) in [5, 5.41) is 12.2. The molecule has 0 aliphatic heterocycles. The largest absolute Gasteiger partial charge is 0.493 e. The Kier molecular flexibility index (Phi) is 7.91. The highest BCUT2D eigenvalue weighted by molar-refractivity contribution is 5.85. The van der Waals surface area contributed by atoms with E-state index in [0.29, 0.717) is 24.7 Å². The number of aliphatic carboxylic acids is 1. The molecule has 3 aromatic carbocycles. The van der Waals surface area contributed by atoms with E-state index < -0.39 is 12.0 Å². The Morgan fingerprint density at radius 1 is 0.914 bits per heavy atom. The molecule has 0 radical (unpaired) electrons. The van der Waals surface area contributed by atoms with Crippen molar-refractivity contribution in [2.75, 3.05) is 6.61 Å². The fourth-order valence-corrected chi connectivity index (χ4v) is 3.59. The second kappa shape index (κ2) is 11.7. The fraction of sp³-hybridized carbons (Fsp3) is 0.179. The quantitative estimate of drug-likeness (QED) is 0.339. The van der Waals surface area contributed by atoms with Gasteiger partial charge in [-0.2, -0.15) is 0 Å². The Hall–Kier alpha value is -4.39. The lowest BCUT2D eigenvalue weighted by molar-refractivity contribution is -0.141. The second-order valence-corrected chi connectivity index (χ2v) is 8.08. The molecule has 1 atom stereocenters. The van der Waals surface area contributed by atoms with Gasteiger partial charge in [-0.3, -0.25) is 4.79 Å². The molecule has 0 unspecified atom stereocenters. The molecular weight excluding hydrogens is 444 g/mol. The number of ether oxygens (including phenoxy) is 1. The van der Waals surface area contributed by atoms with Gasteiger partial charge in [0.2, 0.25) is 11.8 Å². The minimum absolute atomic E-state index is 0.135. The molecule has 4 rings (SSSR count). The van der Waals surface area contributed by atoms with E-state index in [2.05, 4.69) is 10.3 Å². The molecule has 0 saturated carbocycles. The normalized spacial score (nSPS) is 11.5. The van der Waals surface area contributed by atoms with E-state index in [1.165, 1.54) is 0 Å². The molecule has 35 heavy (non-hydrogen) atoms. The smallest absolute Gasteiger partial charge is 0.326 e. The van der Waals surface area contributed by atoms with Gasteiger partial charge in [-0.1, -0.05) is 60.7 Å². The number of carbonyl (C=O) groups excluding carboxylic acids is 1. The first-order valence-corrected chi connectivity index (χ1v) is 11.3. The van der Waals surface area contributed by atoms with Crippen molar-refractivity contribution in [1.82, 2.24) is 10.3 Å². The number of amides is 1. The highest BCUT2D eigenvalue weighted by Gasteiger charge is 2.20. The van der Waals surface area contributed by atoms with Crippen LogP contribution in [0.15, 0.2) is 95.6 Å². The Balaban J connectivity index is 1.25. The van der Waals surface area contributed by atoms with Gasteiger partial charge in [-0.25, -0.2) is 9.78 Å². The van der Waals surface area contributed by atoms with E-state index in [1.807, 2.05) is 60.7 Å². The zero-order valence-electron chi connectivity index (χ0n) is 19.1. The number of carboxylic acid groups (broad SMARTS) is 1. The van der Waals surface area contributed by atoms with Crippen LogP contribution in [0.25, 0.3) is 11.5 Å². The average Bonchev–Trinajstić information content (AvgIpc) is 3.35. The van der Waals surface area contributed by atoms with Crippen molar-refractivity contribution in [2.24, 2.45) is 0 Å². The van der Waals surface area contributed by atoms with Gasteiger partial charge in [-0.15, -0.1) is 0 Å². The van der Waals surface area contributed by atoms with E-state index in [9.17, 15) is 14.7 Å². The number of carbonyl (C=O) groups is 2. The Morgan fingerprint density at radius 2 is 1.60 bits per heavy atom. The summed E-state index contributed by atoms with van der Waals surface area (Å²) in [5.74, 6) is -0.157. The van der Waals surface area contributed by atoms with Gasteiger partial charge >= 0.3 is 5.97 Å². The van der Waals surface area contributed by atoms with Gasteiger partial charge in [-0.05, 0) is 35.4 Å². The second-order valence-electron chi connectivity index (χ2n) is 8.08. The summed E-state index contributed by atoms with van der Waals surface area (Å²) in [7, 11) is 0. The maximum absolute atomic E-state index is 12.3. The zero-order chi connectivity index (χ0) is 24.5. The Morgan fingerprint density at radius 3 is 2.29 bits per heavy atom. The molecule has 0 bridgehead atoms. The number of oxazole rings is 1. The summed E-state index contributed by atoms with van der Waals surface area (Å²) in [6.07, 6.45) is 2.53. The Labute approximate surface area is 203 Å². The van der Waals surface area contributed by atoms with Gasteiger partial charge in [0.25, 0.3) is 0 Å². The topological polar surface area (TPSA) is 102 Å². The predicted molar refractivity (Wildman–Crippen MR) is 131 cm³/mol. The molecule has 7 nitrogen and oxygen atoms in total. The van der Waals surface area contributed by atoms with Crippen molar-refractivity contribution < 1.29 is 23.8 Å². The number of nitrogens with one attached hydrogen (secondary N) is 1. The van der Waals surface area contributed by atoms with Crippen molar-refractivity contribution >= 4 is 11.9 Å². The molecule has 0 aliphatic carbocycles. The first-order valence-electron chi connectivity index (χ1n) is 11.3. The van der Waals surface area contributed by atoms with Crippen LogP contribution in [0.3, 0.4) is 0 Å². The van der Waals surface area contributed by atoms with Crippen molar-refractivity contribution in [2.45, 2.75) is 25.3 Å². The number of hydrogen-bond acceptors (Lipinski definition) is 5. The molecule has 1 aromatic heterocycles. The number of hydrogen-bond donors (Lipinski definition) is 2. The molecule has 1 heterocycles. The van der Waals surface area contributed by atoms with E-state index in [0.717, 1.165) is 22.4 Å². The molecule has 1 amide bonds. The summed E-state index contributed by atoms with van der Waals surface area (Å²) in [4.78, 5) is 28.4. The number of benzene rings is 3. The highest BCUT2D eigenvalue weighted by Crippen LogP contribution is 2.19. The van der Waals surface area contributed by atoms with Crippen molar-refractivity contribution in [1.29, 1.82) is 0 Å². The fourth-order valence-electron chi connectivity index (χ4n) is 3.59. The van der Waals surface area contributed by atoms with Gasteiger partial charge < -0.3 is 19.6 Å². The van der Waals surface area contributed by atoms with Crippen molar-refractivity contribution in [3.8, 4) is 17.2 Å². The molecule has 2 N–H and O–H groups in total. The summed E-state index contributed by atoms with van der Waals surface area (Å²) in [6, 6.07) is 25.1. The van der Waals surface area contributed by atoms with Crippen LogP contribution in [0.1, 0.15) is 16.8 Å². The summed E-state index contributed by atoms with van der Waals surface area (Å²) in [5.41, 5.74) is 3.34. The van der Waals surface area contributed by atoms with Crippen molar-refractivity contribution in [3.63, 3.8) is 0 Å². The molecule has 0 spiro atoms. The predicted octanol–water partition coefficient (Wildman–Crippen LogP) is 4.32. The van der Waals surface area contributed by atoms with Crippen LogP contribution < -0.4 is 10.1 Å². The summed E-state index contributed by atoms with van der Waals surface area (Å²) < 4.78 is 11.3. The SMILES string of the molecule is O=C(Cc1ccccc1)N[C@@H](Cc1ccc(OCCc2coc(-c3ccccc3)n2)cc1)C(=O)O. The van der Waals surface area contributed by atoms with Crippen LogP contribution in [0.4, 0.5) is 0 Å². The van der Waals surface area contributed by atoms with E-state index >= 15 is 0 Å². The van der Waals surface area contributed by atoms with Gasteiger partial charge in [0, 0.05) is 18.4 Å². The monoisotopic (exact) mass is 470 g/mol. The molecule has 178 valence electrons. The zero-order valence-corrected chi connectivity index (χ0v) is 19.1. The van der Waals surface area contributed by atoms with Crippen LogP contribution in [0.5, 0.6) is 5.75 Å². The molecule has 7 heteroatoms. The molecule has 0 saturated heterocycles. The van der Waals surface area contributed by atoms with Crippen LogP contribution in [0.2, 0.25) is 0 Å². The lowest BCUT2D eigenvalue weighted by Crippen LogP contribution is -2.43. The maximum atomic E-state index is 12.3. The molecule has 0 fully saturated rings. The number of nitrogens with zero attached hydrogens (tertiary/aromatic N) is 1. The van der Waals surface area contributed by atoms with Crippen molar-refractivity contribution in [3.05, 3.63) is 108 Å². The third-order valence-corrected chi connectivity index (χ3v) is 5.40. The van der Waals surface area contributed by atoms with Gasteiger partial charge in [0.1, 0.15) is 18.1 Å². The van der Waals surface area contributed by atoms with Crippen LogP contribution in [-0.2, 0) is 28.9 Å². The van der Waals surface area contributed by atoms with E-state index in [1.54, 1.807) is 30.5 Å². The van der Waals surface area contributed by atoms with Crippen LogP contribution >= 0.6 is 0 Å². The number of carboxylic acids is 1. The van der Waals surface area contributed by atoms with E-state index in [-0.39, 0.29) is 18.7 Å². The number of aromatic nitrogens is 1. The van der Waals surface area contributed by atoms with E-state index in [4.69, 9.17) is 9.15 Å². The lowest BCUT2D eigenvalue weighted by atomic mass is 10.1. The summed E-state index contributed by atoms with van der Waals surface area (Å²) in [6.45, 7) is 0.424. The standard InChI is InChI=1S/C28H26N2O5/c31-26(18-20-7-3-1-4-8-20)30-25(28(32)33)17-21-11-13-24(14-12-21)34-16-15-23-19-35-27(29-23)22-9-5-2-6-10-22/h1-14,19,25H,15-18H2,(H,30,31)(H,32,33)/t25-/m0/s1. The maximum Gasteiger partial charge on any atom is 0.326 e. The third-order valence-electron chi connectivity index (χ3n) is 5.40. The minimum atomic E-state index is -1.07. The first kappa shape index (κ1) is 23.8. The minimum Gasteiger partial charge on any atom is -0.493 e.